The fraction of sp³-hybridized carbons (Fsp3) is 0. The van der Waals surface area contributed by atoms with Crippen LogP contribution in [0.5, 0.6) is 0 Å². The summed E-state index contributed by atoms with van der Waals surface area (Å²) in [6, 6.07) is 5.20. The number of hydrogen-bond donors (Lipinski definition) is 6. The Hall–Kier alpha value is -3.30. The second kappa shape index (κ2) is 9.70. The molecule has 0 saturated carbocycles. The lowest BCUT2D eigenvalue weighted by Crippen LogP contribution is -2.01. The molecule has 0 aliphatic rings. The maximum atomic E-state index is 10.4. The summed E-state index contributed by atoms with van der Waals surface area (Å²) in [5.74, 6) is -2.25. The standard InChI is InChI=1S/C8H6O4.2CH2O3/c9-7(10)5-2-1-3-6(4-5)8(11)12;2*2-1(3)4/h1-4H,(H,9,10)(H,11,12);2*(H2,2,3,4). The minimum atomic E-state index is -1.83. The Kier molecular flexibility index (Phi) is 9.24. The van der Waals surface area contributed by atoms with Crippen molar-refractivity contribution in [2.75, 3.05) is 0 Å². The van der Waals surface area contributed by atoms with Gasteiger partial charge in [0.2, 0.25) is 0 Å². The highest BCUT2D eigenvalue weighted by atomic mass is 16.6. The van der Waals surface area contributed by atoms with E-state index in [4.69, 9.17) is 40.2 Å². The summed E-state index contributed by atoms with van der Waals surface area (Å²) in [4.78, 5) is 37.9. The van der Waals surface area contributed by atoms with Gasteiger partial charge >= 0.3 is 24.2 Å². The van der Waals surface area contributed by atoms with Crippen molar-refractivity contribution in [1.82, 2.24) is 0 Å². The quantitative estimate of drug-likeness (QED) is 0.465. The summed E-state index contributed by atoms with van der Waals surface area (Å²) in [6.07, 6.45) is -3.67. The summed E-state index contributed by atoms with van der Waals surface area (Å²) in [5.41, 5.74) is -0.0372. The molecule has 6 N–H and O–H groups in total. The van der Waals surface area contributed by atoms with Crippen LogP contribution in [0.2, 0.25) is 0 Å². The van der Waals surface area contributed by atoms with E-state index < -0.39 is 24.2 Å². The van der Waals surface area contributed by atoms with Crippen molar-refractivity contribution in [2.45, 2.75) is 0 Å². The van der Waals surface area contributed by atoms with E-state index >= 15 is 0 Å². The second-order valence-corrected chi connectivity index (χ2v) is 2.76. The van der Waals surface area contributed by atoms with Crippen molar-refractivity contribution < 1.29 is 49.8 Å². The molecule has 0 amide bonds. The number of benzene rings is 1. The van der Waals surface area contributed by atoms with Crippen LogP contribution in [-0.4, -0.2) is 54.9 Å². The minimum absolute atomic E-state index is 0.0186. The van der Waals surface area contributed by atoms with Gasteiger partial charge in [0.25, 0.3) is 0 Å². The number of carboxylic acid groups (broad SMARTS) is 6. The van der Waals surface area contributed by atoms with Gasteiger partial charge in [-0.25, -0.2) is 19.2 Å². The maximum absolute atomic E-state index is 10.4. The third-order valence-electron chi connectivity index (χ3n) is 1.36. The van der Waals surface area contributed by atoms with Crippen molar-refractivity contribution in [1.29, 1.82) is 0 Å². The zero-order valence-corrected chi connectivity index (χ0v) is 9.63. The Morgan fingerprint density at radius 1 is 0.650 bits per heavy atom. The highest BCUT2D eigenvalue weighted by Gasteiger charge is 2.06. The lowest BCUT2D eigenvalue weighted by molar-refractivity contribution is 0.0696. The van der Waals surface area contributed by atoms with Gasteiger partial charge < -0.3 is 30.6 Å². The van der Waals surface area contributed by atoms with Gasteiger partial charge in [0.15, 0.2) is 0 Å². The first-order valence-corrected chi connectivity index (χ1v) is 4.48. The van der Waals surface area contributed by atoms with Gasteiger partial charge in [0.05, 0.1) is 11.1 Å². The lowest BCUT2D eigenvalue weighted by Gasteiger charge is -1.95. The molecule has 0 saturated heterocycles. The average Bonchev–Trinajstić information content (AvgIpc) is 2.27. The maximum Gasteiger partial charge on any atom is 0.503 e. The molecule has 1 aromatic rings. The largest absolute Gasteiger partial charge is 0.503 e. The van der Waals surface area contributed by atoms with Gasteiger partial charge in [0.1, 0.15) is 0 Å². The van der Waals surface area contributed by atoms with E-state index in [1.54, 1.807) is 0 Å². The van der Waals surface area contributed by atoms with E-state index in [1.807, 2.05) is 0 Å². The van der Waals surface area contributed by atoms with Gasteiger partial charge in [-0.3, -0.25) is 0 Å². The number of rotatable bonds is 2. The Morgan fingerprint density at radius 2 is 0.900 bits per heavy atom. The van der Waals surface area contributed by atoms with Crippen LogP contribution in [-0.2, 0) is 0 Å². The van der Waals surface area contributed by atoms with E-state index in [0.29, 0.717) is 0 Å². The highest BCUT2D eigenvalue weighted by molar-refractivity contribution is 5.93. The molecular formula is C10H10O10. The molecule has 0 atom stereocenters. The molecule has 0 unspecified atom stereocenters. The van der Waals surface area contributed by atoms with Gasteiger partial charge in [-0.1, -0.05) is 6.07 Å². The highest BCUT2D eigenvalue weighted by Crippen LogP contribution is 2.04. The number of carbonyl (C=O) groups is 4. The SMILES string of the molecule is O=C(O)O.O=C(O)O.O=C(O)c1cccc(C(=O)O)c1. The van der Waals surface area contributed by atoms with Gasteiger partial charge in [0, 0.05) is 0 Å². The van der Waals surface area contributed by atoms with Crippen LogP contribution < -0.4 is 0 Å². The fourth-order valence-corrected chi connectivity index (χ4v) is 0.785. The van der Waals surface area contributed by atoms with Crippen molar-refractivity contribution in [3.05, 3.63) is 35.4 Å². The predicted molar refractivity (Wildman–Crippen MR) is 61.7 cm³/mol. The van der Waals surface area contributed by atoms with E-state index in [0.717, 1.165) is 6.07 Å². The zero-order chi connectivity index (χ0) is 16.3. The molecule has 0 aromatic heterocycles. The summed E-state index contributed by atoms with van der Waals surface area (Å²) < 4.78 is 0. The Balaban J connectivity index is 0. The molecule has 0 aliphatic heterocycles. The molecule has 10 nitrogen and oxygen atoms in total. The molecule has 110 valence electrons. The van der Waals surface area contributed by atoms with E-state index in [1.165, 1.54) is 18.2 Å². The van der Waals surface area contributed by atoms with E-state index in [2.05, 4.69) is 0 Å². The first kappa shape index (κ1) is 19.0. The van der Waals surface area contributed by atoms with Crippen LogP contribution in [0.1, 0.15) is 20.7 Å². The third kappa shape index (κ3) is 12.8. The first-order chi connectivity index (χ1) is 9.07. The molecule has 0 aliphatic carbocycles. The monoisotopic (exact) mass is 290 g/mol. The summed E-state index contributed by atoms with van der Waals surface area (Å²) in [5, 5.41) is 44.9. The van der Waals surface area contributed by atoms with E-state index in [9.17, 15) is 9.59 Å². The fourth-order valence-electron chi connectivity index (χ4n) is 0.785. The molecule has 0 bridgehead atoms. The molecule has 0 fully saturated rings. The zero-order valence-electron chi connectivity index (χ0n) is 9.63. The first-order valence-electron chi connectivity index (χ1n) is 4.48. The van der Waals surface area contributed by atoms with Crippen LogP contribution in [0.3, 0.4) is 0 Å². The topological polar surface area (TPSA) is 190 Å². The molecule has 1 aromatic carbocycles. The smallest absolute Gasteiger partial charge is 0.478 e. The van der Waals surface area contributed by atoms with Crippen LogP contribution in [0, 0.1) is 0 Å². The van der Waals surface area contributed by atoms with E-state index in [-0.39, 0.29) is 11.1 Å². The molecule has 1 rings (SSSR count). The van der Waals surface area contributed by atoms with Crippen LogP contribution in [0.25, 0.3) is 0 Å². The van der Waals surface area contributed by atoms with Crippen LogP contribution in [0.4, 0.5) is 9.59 Å². The molecule has 20 heavy (non-hydrogen) atoms. The Bertz CT molecular complexity index is 443. The van der Waals surface area contributed by atoms with Crippen LogP contribution in [0.15, 0.2) is 24.3 Å². The Morgan fingerprint density at radius 3 is 1.10 bits per heavy atom. The number of aromatic carboxylic acids is 2. The molecule has 10 heteroatoms. The van der Waals surface area contributed by atoms with Gasteiger partial charge in [-0.2, -0.15) is 0 Å². The summed E-state index contributed by atoms with van der Waals surface area (Å²) >= 11 is 0. The molecular weight excluding hydrogens is 280 g/mol. The summed E-state index contributed by atoms with van der Waals surface area (Å²) in [6.45, 7) is 0. The molecule has 0 radical (unpaired) electrons. The van der Waals surface area contributed by atoms with Crippen molar-refractivity contribution >= 4 is 24.2 Å². The van der Waals surface area contributed by atoms with Crippen molar-refractivity contribution in [2.24, 2.45) is 0 Å². The van der Waals surface area contributed by atoms with Gasteiger partial charge in [-0.15, -0.1) is 0 Å². The van der Waals surface area contributed by atoms with Crippen molar-refractivity contribution in [3.63, 3.8) is 0 Å². The molecule has 0 spiro atoms. The molecule has 0 heterocycles. The summed E-state index contributed by atoms with van der Waals surface area (Å²) in [7, 11) is 0. The number of hydrogen-bond acceptors (Lipinski definition) is 4. The average molecular weight is 290 g/mol. The lowest BCUT2D eigenvalue weighted by atomic mass is 10.1. The number of carboxylic acids is 2. The van der Waals surface area contributed by atoms with Gasteiger partial charge in [-0.05, 0) is 18.2 Å². The minimum Gasteiger partial charge on any atom is -0.478 e. The normalized spacial score (nSPS) is 8.00. The van der Waals surface area contributed by atoms with Crippen LogP contribution >= 0.6 is 0 Å². The van der Waals surface area contributed by atoms with Crippen molar-refractivity contribution in [3.8, 4) is 0 Å². The Labute approximate surface area is 110 Å². The third-order valence-corrected chi connectivity index (χ3v) is 1.36. The predicted octanol–water partition coefficient (Wildman–Crippen LogP) is 1.53. The second-order valence-electron chi connectivity index (χ2n) is 2.76.